The Morgan fingerprint density at radius 3 is 2.71 bits per heavy atom. The van der Waals surface area contributed by atoms with E-state index in [0.717, 1.165) is 30.2 Å². The molecule has 0 radical (unpaired) electrons. The van der Waals surface area contributed by atoms with Crippen LogP contribution in [0, 0.1) is 0 Å². The predicted molar refractivity (Wildman–Crippen MR) is 62.0 cm³/mol. The van der Waals surface area contributed by atoms with Crippen LogP contribution in [0.1, 0.15) is 25.8 Å². The van der Waals surface area contributed by atoms with Crippen LogP contribution >= 0.6 is 11.8 Å². The Labute approximate surface area is 89.7 Å². The number of anilines is 1. The highest BCUT2D eigenvalue weighted by atomic mass is 32.2. The Hall–Kier alpha value is -0.770. The maximum absolute atomic E-state index is 4.27. The van der Waals surface area contributed by atoms with Crippen molar-refractivity contribution < 1.29 is 0 Å². The number of nitrogens with one attached hydrogen (secondary N) is 1. The molecule has 0 spiro atoms. The number of rotatable bonds is 5. The molecule has 1 aromatic rings. The summed E-state index contributed by atoms with van der Waals surface area (Å²) in [6.07, 6.45) is 5.85. The van der Waals surface area contributed by atoms with Gasteiger partial charge in [-0.3, -0.25) is 0 Å². The number of hydrogen-bond acceptors (Lipinski definition) is 4. The lowest BCUT2D eigenvalue weighted by Crippen LogP contribution is -2.05. The first-order valence-corrected chi connectivity index (χ1v) is 6.17. The summed E-state index contributed by atoms with van der Waals surface area (Å²) in [6, 6.07) is 0. The fourth-order valence-corrected chi connectivity index (χ4v) is 1.96. The van der Waals surface area contributed by atoms with E-state index in [1.807, 2.05) is 0 Å². The van der Waals surface area contributed by atoms with Gasteiger partial charge in [0.25, 0.3) is 0 Å². The number of thioether (sulfide) groups is 1. The van der Waals surface area contributed by atoms with E-state index >= 15 is 0 Å². The summed E-state index contributed by atoms with van der Waals surface area (Å²) in [4.78, 5) is 8.53. The summed E-state index contributed by atoms with van der Waals surface area (Å²) >= 11 is 1.68. The Kier molecular flexibility index (Phi) is 4.73. The second-order valence-corrected chi connectivity index (χ2v) is 3.79. The van der Waals surface area contributed by atoms with Crippen LogP contribution in [0.5, 0.6) is 0 Å². The van der Waals surface area contributed by atoms with E-state index in [2.05, 4.69) is 35.4 Å². The van der Waals surface area contributed by atoms with E-state index in [1.165, 1.54) is 5.56 Å². The minimum Gasteiger partial charge on any atom is -0.370 e. The summed E-state index contributed by atoms with van der Waals surface area (Å²) in [6.45, 7) is 5.16. The third-order valence-electron chi connectivity index (χ3n) is 1.94. The predicted octanol–water partition coefficient (Wildman–Crippen LogP) is 2.58. The molecule has 0 unspecified atom stereocenters. The van der Waals surface area contributed by atoms with Crippen LogP contribution in [0.15, 0.2) is 11.4 Å². The Morgan fingerprint density at radius 1 is 1.36 bits per heavy atom. The van der Waals surface area contributed by atoms with Gasteiger partial charge in [0.1, 0.15) is 17.2 Å². The lowest BCUT2D eigenvalue weighted by atomic mass is 10.2. The lowest BCUT2D eigenvalue weighted by molar-refractivity contribution is 0.856. The molecule has 0 aliphatic heterocycles. The van der Waals surface area contributed by atoms with Crippen molar-refractivity contribution in [3.63, 3.8) is 0 Å². The first kappa shape index (κ1) is 11.3. The van der Waals surface area contributed by atoms with Gasteiger partial charge in [0.15, 0.2) is 0 Å². The van der Waals surface area contributed by atoms with Gasteiger partial charge in [0, 0.05) is 12.1 Å². The van der Waals surface area contributed by atoms with Gasteiger partial charge in [-0.05, 0) is 19.6 Å². The SMILES string of the molecule is CCCc1c(NCC)ncnc1SC. The maximum Gasteiger partial charge on any atom is 0.133 e. The van der Waals surface area contributed by atoms with Gasteiger partial charge in [-0.1, -0.05) is 13.3 Å². The minimum absolute atomic E-state index is 0.904. The Bertz CT molecular complexity index is 289. The first-order chi connectivity index (χ1) is 6.83. The molecular formula is C10H17N3S. The summed E-state index contributed by atoms with van der Waals surface area (Å²) in [5, 5.41) is 4.37. The average molecular weight is 211 g/mol. The van der Waals surface area contributed by atoms with Gasteiger partial charge < -0.3 is 5.32 Å². The zero-order valence-electron chi connectivity index (χ0n) is 9.00. The summed E-state index contributed by atoms with van der Waals surface area (Å²) in [7, 11) is 0. The van der Waals surface area contributed by atoms with Crippen molar-refractivity contribution in [2.45, 2.75) is 31.7 Å². The highest BCUT2D eigenvalue weighted by Crippen LogP contribution is 2.23. The second kappa shape index (κ2) is 5.86. The molecule has 4 heteroatoms. The average Bonchev–Trinajstić information content (AvgIpc) is 2.21. The molecule has 0 amide bonds. The van der Waals surface area contributed by atoms with E-state index in [-0.39, 0.29) is 0 Å². The fourth-order valence-electron chi connectivity index (χ4n) is 1.37. The molecule has 0 bridgehead atoms. The molecular weight excluding hydrogens is 194 g/mol. The second-order valence-electron chi connectivity index (χ2n) is 2.99. The number of hydrogen-bond donors (Lipinski definition) is 1. The van der Waals surface area contributed by atoms with Gasteiger partial charge in [-0.15, -0.1) is 11.8 Å². The fraction of sp³-hybridized carbons (Fsp3) is 0.600. The van der Waals surface area contributed by atoms with Crippen molar-refractivity contribution in [1.29, 1.82) is 0 Å². The van der Waals surface area contributed by atoms with E-state index in [0.29, 0.717) is 0 Å². The van der Waals surface area contributed by atoms with Crippen LogP contribution < -0.4 is 5.32 Å². The van der Waals surface area contributed by atoms with Crippen molar-refractivity contribution in [3.05, 3.63) is 11.9 Å². The zero-order chi connectivity index (χ0) is 10.4. The molecule has 1 aromatic heterocycles. The van der Waals surface area contributed by atoms with Crippen LogP contribution in [-0.2, 0) is 6.42 Å². The van der Waals surface area contributed by atoms with Crippen molar-refractivity contribution >= 4 is 17.6 Å². The minimum atomic E-state index is 0.904. The van der Waals surface area contributed by atoms with E-state index in [1.54, 1.807) is 18.1 Å². The monoisotopic (exact) mass is 211 g/mol. The molecule has 0 aromatic carbocycles. The molecule has 0 fully saturated rings. The van der Waals surface area contributed by atoms with Crippen LogP contribution in [0.3, 0.4) is 0 Å². The molecule has 14 heavy (non-hydrogen) atoms. The van der Waals surface area contributed by atoms with Gasteiger partial charge in [-0.2, -0.15) is 0 Å². The Morgan fingerprint density at radius 2 is 2.14 bits per heavy atom. The highest BCUT2D eigenvalue weighted by Gasteiger charge is 2.08. The van der Waals surface area contributed by atoms with Crippen molar-refractivity contribution in [2.24, 2.45) is 0 Å². The molecule has 78 valence electrons. The number of nitrogens with zero attached hydrogens (tertiary/aromatic N) is 2. The van der Waals surface area contributed by atoms with Gasteiger partial charge in [0.2, 0.25) is 0 Å². The smallest absolute Gasteiger partial charge is 0.133 e. The summed E-state index contributed by atoms with van der Waals surface area (Å²) < 4.78 is 0. The highest BCUT2D eigenvalue weighted by molar-refractivity contribution is 7.98. The molecule has 0 atom stereocenters. The molecule has 0 saturated heterocycles. The lowest BCUT2D eigenvalue weighted by Gasteiger charge is -2.11. The van der Waals surface area contributed by atoms with E-state index in [4.69, 9.17) is 0 Å². The maximum atomic E-state index is 4.27. The molecule has 1 rings (SSSR count). The van der Waals surface area contributed by atoms with Crippen molar-refractivity contribution in [1.82, 2.24) is 9.97 Å². The summed E-state index contributed by atoms with van der Waals surface area (Å²) in [5.74, 6) is 0.994. The van der Waals surface area contributed by atoms with Gasteiger partial charge in [-0.25, -0.2) is 9.97 Å². The molecule has 0 saturated carbocycles. The van der Waals surface area contributed by atoms with Crippen LogP contribution in [-0.4, -0.2) is 22.8 Å². The van der Waals surface area contributed by atoms with E-state index < -0.39 is 0 Å². The van der Waals surface area contributed by atoms with Crippen LogP contribution in [0.2, 0.25) is 0 Å². The summed E-state index contributed by atoms with van der Waals surface area (Å²) in [5.41, 5.74) is 1.25. The van der Waals surface area contributed by atoms with Gasteiger partial charge in [0.05, 0.1) is 0 Å². The van der Waals surface area contributed by atoms with Crippen LogP contribution in [0.4, 0.5) is 5.82 Å². The van der Waals surface area contributed by atoms with Crippen molar-refractivity contribution in [3.8, 4) is 0 Å². The Balaban J connectivity index is 3.00. The third-order valence-corrected chi connectivity index (χ3v) is 2.68. The van der Waals surface area contributed by atoms with Gasteiger partial charge >= 0.3 is 0 Å². The quantitative estimate of drug-likeness (QED) is 0.600. The normalized spacial score (nSPS) is 10.2. The molecule has 0 aliphatic carbocycles. The topological polar surface area (TPSA) is 37.8 Å². The zero-order valence-corrected chi connectivity index (χ0v) is 9.82. The number of aromatic nitrogens is 2. The molecule has 0 aliphatic rings. The third kappa shape index (κ3) is 2.61. The molecule has 3 nitrogen and oxygen atoms in total. The molecule has 1 N–H and O–H groups in total. The first-order valence-electron chi connectivity index (χ1n) is 4.95. The van der Waals surface area contributed by atoms with E-state index in [9.17, 15) is 0 Å². The molecule has 1 heterocycles. The standard InChI is InChI=1S/C10H17N3S/c1-4-6-8-9(11-5-2)12-7-13-10(8)14-3/h7H,4-6H2,1-3H3,(H,11,12,13). The van der Waals surface area contributed by atoms with Crippen LogP contribution in [0.25, 0.3) is 0 Å². The largest absolute Gasteiger partial charge is 0.370 e. The van der Waals surface area contributed by atoms with Crippen molar-refractivity contribution in [2.75, 3.05) is 18.1 Å².